The predicted molar refractivity (Wildman–Crippen MR) is 114 cm³/mol. The molecule has 0 aliphatic carbocycles. The van der Waals surface area contributed by atoms with Crippen LogP contribution in [0.4, 0.5) is 0 Å². The lowest BCUT2D eigenvalue weighted by molar-refractivity contribution is -0.152. The number of esters is 1. The number of hydrogen-bond donors (Lipinski definition) is 3. The first-order chi connectivity index (χ1) is 14.7. The van der Waals surface area contributed by atoms with Crippen molar-refractivity contribution in [3.05, 3.63) is 35.0 Å². The molecule has 10 heteroatoms. The zero-order valence-corrected chi connectivity index (χ0v) is 18.4. The van der Waals surface area contributed by atoms with Gasteiger partial charge >= 0.3 is 12.2 Å². The number of fused-ring (bicyclic) bond motifs is 1. The SMILES string of the molecule is CO[C@@H](Cc1c[nH]c2ccc(Cl)cc12)C(=O)N[C@@H](CCC(=O)C=[N+]=N)C(=O)OC(C)C. The molecule has 0 saturated heterocycles. The van der Waals surface area contributed by atoms with Crippen molar-refractivity contribution in [1.82, 2.24) is 10.3 Å². The number of halogens is 1. The number of methoxy groups -OCH3 is 1. The standard InChI is InChI=1S/C21H25ClN4O5/c1-12(2)31-21(29)18(7-5-15(27)11-25-23)26-20(28)19(30-3)8-13-10-24-17-6-4-14(22)9-16(13)17/h4,6,9-12,18-19,23-24H,5,7-8H2,1-3H3/p+1/t18-,19-/m0/s1. The molecule has 31 heavy (non-hydrogen) atoms. The van der Waals surface area contributed by atoms with Gasteiger partial charge in [-0.2, -0.15) is 0 Å². The van der Waals surface area contributed by atoms with Crippen LogP contribution in [0.2, 0.25) is 5.02 Å². The topological polar surface area (TPSA) is 135 Å². The van der Waals surface area contributed by atoms with Crippen molar-refractivity contribution in [2.45, 2.75) is 51.4 Å². The van der Waals surface area contributed by atoms with Gasteiger partial charge in [0, 0.05) is 42.1 Å². The highest BCUT2D eigenvalue weighted by Gasteiger charge is 2.28. The zero-order valence-electron chi connectivity index (χ0n) is 17.6. The number of nitrogens with one attached hydrogen (secondary N) is 3. The summed E-state index contributed by atoms with van der Waals surface area (Å²) in [7, 11) is 1.40. The number of carbonyl (C=O) groups is 3. The van der Waals surface area contributed by atoms with E-state index in [1.165, 1.54) is 7.11 Å². The van der Waals surface area contributed by atoms with Crippen molar-refractivity contribution in [3.8, 4) is 0 Å². The maximum atomic E-state index is 12.9. The minimum atomic E-state index is -1.03. The molecule has 1 aromatic heterocycles. The molecule has 0 aliphatic heterocycles. The maximum absolute atomic E-state index is 12.9. The number of ether oxygens (including phenoxy) is 2. The number of hydrogen-bond acceptors (Lipinski definition) is 6. The molecule has 1 aromatic carbocycles. The van der Waals surface area contributed by atoms with Gasteiger partial charge in [0.05, 0.1) is 16.4 Å². The molecule has 0 radical (unpaired) electrons. The van der Waals surface area contributed by atoms with Crippen LogP contribution in [0.25, 0.3) is 10.9 Å². The van der Waals surface area contributed by atoms with E-state index in [1.54, 1.807) is 32.2 Å². The van der Waals surface area contributed by atoms with Crippen molar-refractivity contribution in [2.24, 2.45) is 0 Å². The van der Waals surface area contributed by atoms with Crippen LogP contribution >= 0.6 is 11.6 Å². The van der Waals surface area contributed by atoms with Gasteiger partial charge < -0.3 is 19.8 Å². The van der Waals surface area contributed by atoms with Crippen LogP contribution in [0, 0.1) is 5.53 Å². The molecular formula is C21H26ClN4O5+. The summed E-state index contributed by atoms with van der Waals surface area (Å²) in [5, 5.41) is 4.07. The average molecular weight is 450 g/mol. The first kappa shape index (κ1) is 24.3. The number of amides is 1. The van der Waals surface area contributed by atoms with Crippen molar-refractivity contribution < 1.29 is 28.6 Å². The summed E-state index contributed by atoms with van der Waals surface area (Å²) >= 11 is 6.08. The molecule has 2 rings (SSSR count). The Hall–Kier alpha value is -3.00. The largest absolute Gasteiger partial charge is 0.461 e. The average Bonchev–Trinajstić information content (AvgIpc) is 3.10. The van der Waals surface area contributed by atoms with Crippen LogP contribution in [0.5, 0.6) is 0 Å². The quantitative estimate of drug-likeness (QED) is 0.209. The molecule has 1 amide bonds. The lowest BCUT2D eigenvalue weighted by atomic mass is 10.0. The van der Waals surface area contributed by atoms with Crippen LogP contribution in [-0.4, -0.2) is 59.0 Å². The Morgan fingerprint density at radius 1 is 1.32 bits per heavy atom. The van der Waals surface area contributed by atoms with E-state index < -0.39 is 29.8 Å². The number of rotatable bonds is 11. The van der Waals surface area contributed by atoms with Gasteiger partial charge in [-0.25, -0.2) is 4.79 Å². The zero-order chi connectivity index (χ0) is 23.0. The summed E-state index contributed by atoms with van der Waals surface area (Å²) in [6, 6.07) is 4.38. The Morgan fingerprint density at radius 2 is 2.06 bits per heavy atom. The first-order valence-corrected chi connectivity index (χ1v) is 10.1. The molecule has 0 fully saturated rings. The van der Waals surface area contributed by atoms with Gasteiger partial charge in [0.25, 0.3) is 0 Å². The van der Waals surface area contributed by atoms with Crippen molar-refractivity contribution in [3.63, 3.8) is 0 Å². The number of Topliss-reactive ketones (excluding diaryl/α,β-unsaturated/α-hetero) is 1. The summed E-state index contributed by atoms with van der Waals surface area (Å²) in [4.78, 5) is 43.0. The van der Waals surface area contributed by atoms with Gasteiger partial charge in [0.1, 0.15) is 12.1 Å². The van der Waals surface area contributed by atoms with E-state index >= 15 is 0 Å². The molecule has 0 unspecified atom stereocenters. The van der Waals surface area contributed by atoms with Gasteiger partial charge in [-0.15, -0.1) is 0 Å². The van der Waals surface area contributed by atoms with E-state index in [0.717, 1.165) is 22.7 Å². The van der Waals surface area contributed by atoms with Gasteiger partial charge in [0.2, 0.25) is 11.7 Å². The molecule has 3 N–H and O–H groups in total. The normalized spacial score (nSPS) is 12.8. The minimum Gasteiger partial charge on any atom is -0.461 e. The fourth-order valence-corrected chi connectivity index (χ4v) is 3.23. The molecule has 9 nitrogen and oxygen atoms in total. The van der Waals surface area contributed by atoms with E-state index in [-0.39, 0.29) is 25.4 Å². The van der Waals surface area contributed by atoms with Crippen LogP contribution < -0.4 is 5.32 Å². The van der Waals surface area contributed by atoms with E-state index in [9.17, 15) is 14.4 Å². The van der Waals surface area contributed by atoms with Gasteiger partial charge in [-0.3, -0.25) is 9.59 Å². The second-order valence-electron chi connectivity index (χ2n) is 7.24. The van der Waals surface area contributed by atoms with Crippen molar-refractivity contribution in [2.75, 3.05) is 7.11 Å². The van der Waals surface area contributed by atoms with Crippen molar-refractivity contribution >= 4 is 46.4 Å². The highest BCUT2D eigenvalue weighted by molar-refractivity contribution is 6.31. The van der Waals surface area contributed by atoms with Crippen LogP contribution in [-0.2, 0) is 30.3 Å². The molecule has 0 bridgehead atoms. The monoisotopic (exact) mass is 449 g/mol. The molecular weight excluding hydrogens is 424 g/mol. The van der Waals surface area contributed by atoms with Crippen LogP contribution in [0.3, 0.4) is 0 Å². The summed E-state index contributed by atoms with van der Waals surface area (Å²) in [5.41, 5.74) is 8.43. The Bertz CT molecular complexity index is 997. The number of nitrogens with zero attached hydrogens (tertiary/aromatic N) is 1. The Morgan fingerprint density at radius 3 is 2.71 bits per heavy atom. The molecule has 0 aliphatic rings. The molecule has 2 atom stereocenters. The summed E-state index contributed by atoms with van der Waals surface area (Å²) in [6.07, 6.45) is 1.57. The third-order valence-corrected chi connectivity index (χ3v) is 4.79. The number of benzene rings is 1. The fourth-order valence-electron chi connectivity index (χ4n) is 3.05. The number of aromatic amines is 1. The Kier molecular flexibility index (Phi) is 8.93. The highest BCUT2D eigenvalue weighted by atomic mass is 35.5. The maximum Gasteiger partial charge on any atom is 0.372 e. The summed E-state index contributed by atoms with van der Waals surface area (Å²) in [6.45, 7) is 3.38. The molecule has 0 saturated carbocycles. The fraction of sp³-hybridized carbons (Fsp3) is 0.429. The van der Waals surface area contributed by atoms with Crippen molar-refractivity contribution in [1.29, 1.82) is 5.53 Å². The summed E-state index contributed by atoms with van der Waals surface area (Å²) in [5.74, 6) is -1.58. The third-order valence-electron chi connectivity index (χ3n) is 4.55. The number of aromatic nitrogens is 1. The molecule has 0 spiro atoms. The van der Waals surface area contributed by atoms with E-state index in [2.05, 4.69) is 15.1 Å². The molecule has 1 heterocycles. The first-order valence-electron chi connectivity index (χ1n) is 9.77. The molecule has 2 aromatic rings. The van der Waals surface area contributed by atoms with Gasteiger partial charge in [-0.1, -0.05) is 11.6 Å². The highest BCUT2D eigenvalue weighted by Crippen LogP contribution is 2.24. The lowest BCUT2D eigenvalue weighted by Crippen LogP contribution is -2.48. The van der Waals surface area contributed by atoms with Gasteiger partial charge in [-0.05, 0) is 44.0 Å². The van der Waals surface area contributed by atoms with E-state index in [4.69, 9.17) is 26.6 Å². The van der Waals surface area contributed by atoms with Crippen LogP contribution in [0.1, 0.15) is 32.3 Å². The van der Waals surface area contributed by atoms with Crippen LogP contribution in [0.15, 0.2) is 24.4 Å². The smallest absolute Gasteiger partial charge is 0.372 e. The van der Waals surface area contributed by atoms with Gasteiger partial charge in [0.15, 0.2) is 0 Å². The number of ketones is 1. The second-order valence-corrected chi connectivity index (χ2v) is 7.68. The molecule has 166 valence electrons. The minimum absolute atomic E-state index is 0.0152. The number of carbonyl (C=O) groups excluding carboxylic acids is 3. The van der Waals surface area contributed by atoms with E-state index in [0.29, 0.717) is 5.02 Å². The second kappa shape index (κ2) is 11.4. The third kappa shape index (κ3) is 7.03. The van der Waals surface area contributed by atoms with E-state index in [1.807, 2.05) is 6.07 Å². The Balaban J connectivity index is 2.14. The predicted octanol–water partition coefficient (Wildman–Crippen LogP) is 2.47. The Labute approximate surface area is 184 Å². The lowest BCUT2D eigenvalue weighted by Gasteiger charge is -2.21. The number of H-pyrrole nitrogens is 1. The summed E-state index contributed by atoms with van der Waals surface area (Å²) < 4.78 is 10.6.